The summed E-state index contributed by atoms with van der Waals surface area (Å²) >= 11 is 13.3. The first-order chi connectivity index (χ1) is 16.2. The van der Waals surface area contributed by atoms with Crippen molar-refractivity contribution < 1.29 is 24.0 Å². The van der Waals surface area contributed by atoms with Gasteiger partial charge >= 0.3 is 5.97 Å². The number of rotatable bonds is 10. The molecule has 2 aromatic rings. The molecule has 0 saturated heterocycles. The number of non-ortho nitro benzene ring substituents is 1. The first-order valence-electron chi connectivity index (χ1n) is 9.56. The number of ether oxygens (including phenoxy) is 1. The highest BCUT2D eigenvalue weighted by Gasteiger charge is 2.24. The lowest BCUT2D eigenvalue weighted by atomic mass is 10.1. The number of carbonyl (C=O) groups excluding carboxylic acids is 3. The summed E-state index contributed by atoms with van der Waals surface area (Å²) in [5.74, 6) is -1.70. The van der Waals surface area contributed by atoms with Gasteiger partial charge in [-0.05, 0) is 42.7 Å². The van der Waals surface area contributed by atoms with Gasteiger partial charge in [0, 0.05) is 17.2 Å². The summed E-state index contributed by atoms with van der Waals surface area (Å²) in [6, 6.07) is 8.34. The van der Waals surface area contributed by atoms with E-state index < -0.39 is 35.4 Å². The predicted octanol–water partition coefficient (Wildman–Crippen LogP) is 3.81. The van der Waals surface area contributed by atoms with Gasteiger partial charge in [0.05, 0.1) is 26.8 Å². The minimum absolute atomic E-state index is 0.0266. The monoisotopic (exact) mass is 524 g/mol. The van der Waals surface area contributed by atoms with Crippen LogP contribution in [0.25, 0.3) is 0 Å². The van der Waals surface area contributed by atoms with Crippen LogP contribution in [0.15, 0.2) is 36.4 Å². The zero-order chi connectivity index (χ0) is 25.3. The highest BCUT2D eigenvalue weighted by molar-refractivity contribution is 7.98. The molecule has 0 radical (unpaired) electrons. The number of nitrogens with zero attached hydrogens (tertiary/aromatic N) is 2. The van der Waals surface area contributed by atoms with Gasteiger partial charge in [-0.1, -0.05) is 23.2 Å². The molecule has 0 heterocycles. The number of carbonyl (C=O) groups is 3. The fraction of sp³-hybridized carbons (Fsp3) is 0.238. The Morgan fingerprint density at radius 1 is 1.24 bits per heavy atom. The van der Waals surface area contributed by atoms with Crippen molar-refractivity contribution >= 4 is 64.1 Å². The van der Waals surface area contributed by atoms with E-state index in [2.05, 4.69) is 10.6 Å². The molecule has 0 fully saturated rings. The third kappa shape index (κ3) is 7.62. The molecule has 0 spiro atoms. The van der Waals surface area contributed by atoms with Crippen LogP contribution in [0.5, 0.6) is 0 Å². The maximum absolute atomic E-state index is 12.6. The van der Waals surface area contributed by atoms with E-state index in [1.54, 1.807) is 6.07 Å². The van der Waals surface area contributed by atoms with Crippen molar-refractivity contribution in [1.29, 1.82) is 5.26 Å². The van der Waals surface area contributed by atoms with Crippen LogP contribution in [0.3, 0.4) is 0 Å². The fourth-order valence-electron chi connectivity index (χ4n) is 2.67. The molecule has 2 amide bonds. The number of amides is 2. The average molecular weight is 525 g/mol. The van der Waals surface area contributed by atoms with Crippen molar-refractivity contribution in [2.24, 2.45) is 0 Å². The highest BCUT2D eigenvalue weighted by Crippen LogP contribution is 2.22. The van der Waals surface area contributed by atoms with E-state index in [0.29, 0.717) is 10.8 Å². The van der Waals surface area contributed by atoms with Gasteiger partial charge in [0.15, 0.2) is 6.61 Å². The highest BCUT2D eigenvalue weighted by atomic mass is 35.5. The molecule has 0 aliphatic heterocycles. The molecule has 2 N–H and O–H groups in total. The molecule has 34 heavy (non-hydrogen) atoms. The summed E-state index contributed by atoms with van der Waals surface area (Å²) in [6.45, 7) is -0.700. The van der Waals surface area contributed by atoms with Crippen LogP contribution in [-0.2, 0) is 14.3 Å². The largest absolute Gasteiger partial charge is 0.454 e. The molecule has 0 bridgehead atoms. The number of hydrogen-bond donors (Lipinski definition) is 2. The van der Waals surface area contributed by atoms with Crippen LogP contribution in [0.4, 0.5) is 11.4 Å². The van der Waals surface area contributed by atoms with Gasteiger partial charge in [-0.25, -0.2) is 4.79 Å². The smallest absolute Gasteiger partial charge is 0.329 e. The minimum Gasteiger partial charge on any atom is -0.454 e. The zero-order valence-electron chi connectivity index (χ0n) is 17.7. The van der Waals surface area contributed by atoms with Gasteiger partial charge in [-0.15, -0.1) is 0 Å². The zero-order valence-corrected chi connectivity index (χ0v) is 20.0. The quantitative estimate of drug-likeness (QED) is 0.270. The molecule has 0 aromatic heterocycles. The lowest BCUT2D eigenvalue weighted by Crippen LogP contribution is -2.43. The molecule has 0 saturated carbocycles. The number of esters is 1. The Bertz CT molecular complexity index is 1150. The summed E-state index contributed by atoms with van der Waals surface area (Å²) in [4.78, 5) is 47.5. The third-order valence-corrected chi connectivity index (χ3v) is 5.52. The molecular weight excluding hydrogens is 507 g/mol. The Kier molecular flexibility index (Phi) is 10.1. The molecule has 0 aliphatic carbocycles. The van der Waals surface area contributed by atoms with E-state index in [4.69, 9.17) is 33.2 Å². The molecule has 2 rings (SSSR count). The number of anilines is 1. The number of nitriles is 1. The Morgan fingerprint density at radius 3 is 2.59 bits per heavy atom. The van der Waals surface area contributed by atoms with Gasteiger partial charge in [-0.2, -0.15) is 17.0 Å². The van der Waals surface area contributed by atoms with Gasteiger partial charge in [0.1, 0.15) is 12.1 Å². The van der Waals surface area contributed by atoms with Gasteiger partial charge in [-0.3, -0.25) is 19.7 Å². The number of halogens is 2. The van der Waals surface area contributed by atoms with Crippen molar-refractivity contribution in [3.8, 4) is 6.07 Å². The Hall–Kier alpha value is -3.33. The first-order valence-corrected chi connectivity index (χ1v) is 11.7. The van der Waals surface area contributed by atoms with Crippen LogP contribution in [0.2, 0.25) is 10.0 Å². The fourth-order valence-corrected chi connectivity index (χ4v) is 3.63. The van der Waals surface area contributed by atoms with Crippen molar-refractivity contribution in [2.45, 2.75) is 12.5 Å². The second kappa shape index (κ2) is 12.8. The SMILES string of the molecule is CSCC[C@@H](NC(=O)c1ccc(Cl)cc1Cl)C(=O)OCC(=O)Nc1ccc([N+](=O)[O-])cc1C#N. The number of nitro benzene ring substituents is 1. The van der Waals surface area contributed by atoms with Crippen LogP contribution in [-0.4, -0.2) is 47.4 Å². The molecule has 2 aromatic carbocycles. The maximum Gasteiger partial charge on any atom is 0.329 e. The molecule has 0 aliphatic rings. The summed E-state index contributed by atoms with van der Waals surface area (Å²) in [7, 11) is 0. The van der Waals surface area contributed by atoms with E-state index in [9.17, 15) is 24.5 Å². The summed E-state index contributed by atoms with van der Waals surface area (Å²) in [6.07, 6.45) is 2.06. The summed E-state index contributed by atoms with van der Waals surface area (Å²) in [5, 5.41) is 25.3. The second-order valence-electron chi connectivity index (χ2n) is 6.69. The Labute approximate surface area is 208 Å². The number of benzene rings is 2. The molecule has 178 valence electrons. The maximum atomic E-state index is 12.6. The van der Waals surface area contributed by atoms with Crippen molar-refractivity contribution in [1.82, 2.24) is 5.32 Å². The van der Waals surface area contributed by atoms with E-state index in [1.807, 2.05) is 6.26 Å². The summed E-state index contributed by atoms with van der Waals surface area (Å²) in [5.41, 5.74) is -0.292. The molecule has 1 atom stereocenters. The van der Waals surface area contributed by atoms with E-state index in [0.717, 1.165) is 12.1 Å². The molecule has 0 unspecified atom stereocenters. The molecule has 13 heteroatoms. The van der Waals surface area contributed by atoms with Crippen LogP contribution < -0.4 is 10.6 Å². The predicted molar refractivity (Wildman–Crippen MR) is 128 cm³/mol. The number of thioether (sulfide) groups is 1. The van der Waals surface area contributed by atoms with E-state index in [-0.39, 0.29) is 33.9 Å². The average Bonchev–Trinajstić information content (AvgIpc) is 2.80. The topological polar surface area (TPSA) is 151 Å². The number of nitrogens with one attached hydrogen (secondary N) is 2. The molecular formula is C21H18Cl2N4O6S. The van der Waals surface area contributed by atoms with Gasteiger partial charge in [0.25, 0.3) is 17.5 Å². The molecule has 10 nitrogen and oxygen atoms in total. The van der Waals surface area contributed by atoms with Crippen LogP contribution in [0.1, 0.15) is 22.3 Å². The van der Waals surface area contributed by atoms with Crippen molar-refractivity contribution in [2.75, 3.05) is 23.9 Å². The Morgan fingerprint density at radius 2 is 1.97 bits per heavy atom. The van der Waals surface area contributed by atoms with Crippen LogP contribution >= 0.6 is 35.0 Å². The van der Waals surface area contributed by atoms with Crippen molar-refractivity contribution in [3.63, 3.8) is 0 Å². The van der Waals surface area contributed by atoms with Crippen LogP contribution in [0, 0.1) is 21.4 Å². The lowest BCUT2D eigenvalue weighted by Gasteiger charge is -2.18. The minimum atomic E-state index is -1.05. The number of hydrogen-bond acceptors (Lipinski definition) is 8. The van der Waals surface area contributed by atoms with Gasteiger partial charge in [0.2, 0.25) is 0 Å². The van der Waals surface area contributed by atoms with E-state index in [1.165, 1.54) is 36.0 Å². The lowest BCUT2D eigenvalue weighted by molar-refractivity contribution is -0.384. The van der Waals surface area contributed by atoms with Gasteiger partial charge < -0.3 is 15.4 Å². The Balaban J connectivity index is 2.02. The summed E-state index contributed by atoms with van der Waals surface area (Å²) < 4.78 is 5.04. The third-order valence-electron chi connectivity index (χ3n) is 4.33. The normalized spacial score (nSPS) is 11.1. The standard InChI is InChI=1S/C21H18Cl2N4O6S/c1-34-7-6-18(26-20(29)15-4-2-13(22)9-16(15)23)21(30)33-11-19(28)25-17-5-3-14(27(31)32)8-12(17)10-24/h2-5,8-9,18H,6-7,11H2,1H3,(H,25,28)(H,26,29)/t18-/m1/s1. The van der Waals surface area contributed by atoms with Crippen molar-refractivity contribution in [3.05, 3.63) is 67.7 Å². The number of nitro groups is 1. The second-order valence-corrected chi connectivity index (χ2v) is 8.52. The van der Waals surface area contributed by atoms with E-state index >= 15 is 0 Å². The first kappa shape index (κ1) is 26.9.